The Hall–Kier alpha value is -1.61. The third-order valence-corrected chi connectivity index (χ3v) is 3.40. The topological polar surface area (TPSA) is 81.3 Å². The number of anilines is 1. The SMILES string of the molecule is O=C(NC1(c2ccc(NS(=O)[O-])cc2)CC1)C(F)(F)F. The number of rotatable bonds is 4. The smallest absolute Gasteiger partial charge is 0.471 e. The second kappa shape index (κ2) is 5.06. The average Bonchev–Trinajstić information content (AvgIpc) is 3.09. The largest absolute Gasteiger partial charge is 0.755 e. The lowest BCUT2D eigenvalue weighted by molar-refractivity contribution is -0.174. The minimum Gasteiger partial charge on any atom is -0.755 e. The van der Waals surface area contributed by atoms with E-state index in [0.29, 0.717) is 24.1 Å². The molecule has 0 heterocycles. The number of halogens is 3. The van der Waals surface area contributed by atoms with E-state index >= 15 is 0 Å². The summed E-state index contributed by atoms with van der Waals surface area (Å²) >= 11 is -2.47. The molecule has 1 saturated carbocycles. The van der Waals surface area contributed by atoms with Crippen molar-refractivity contribution in [3.05, 3.63) is 29.8 Å². The van der Waals surface area contributed by atoms with E-state index in [4.69, 9.17) is 0 Å². The molecule has 0 aliphatic heterocycles. The first-order chi connectivity index (χ1) is 9.23. The molecule has 2 N–H and O–H groups in total. The molecule has 2 rings (SSSR count). The molecule has 1 aliphatic rings. The molecule has 20 heavy (non-hydrogen) atoms. The molecule has 0 bridgehead atoms. The molecular formula is C11H10F3N2O3S-. The summed E-state index contributed by atoms with van der Waals surface area (Å²) in [7, 11) is 0. The highest BCUT2D eigenvalue weighted by molar-refractivity contribution is 7.80. The van der Waals surface area contributed by atoms with Crippen LogP contribution in [0.3, 0.4) is 0 Å². The minimum absolute atomic E-state index is 0.292. The van der Waals surface area contributed by atoms with E-state index in [9.17, 15) is 26.7 Å². The van der Waals surface area contributed by atoms with Crippen LogP contribution in [0.25, 0.3) is 0 Å². The van der Waals surface area contributed by atoms with Gasteiger partial charge in [-0.05, 0) is 30.5 Å². The first-order valence-electron chi connectivity index (χ1n) is 5.59. The van der Waals surface area contributed by atoms with Gasteiger partial charge in [0.1, 0.15) is 0 Å². The van der Waals surface area contributed by atoms with Crippen LogP contribution in [0.5, 0.6) is 0 Å². The molecule has 5 nitrogen and oxygen atoms in total. The Kier molecular flexibility index (Phi) is 3.74. The minimum atomic E-state index is -4.92. The predicted molar refractivity (Wildman–Crippen MR) is 64.1 cm³/mol. The van der Waals surface area contributed by atoms with Crippen molar-refractivity contribution in [2.45, 2.75) is 24.6 Å². The molecule has 9 heteroatoms. The van der Waals surface area contributed by atoms with Crippen molar-refractivity contribution >= 4 is 22.9 Å². The third-order valence-electron chi connectivity index (χ3n) is 3.00. The van der Waals surface area contributed by atoms with Gasteiger partial charge in [-0.15, -0.1) is 0 Å². The molecule has 110 valence electrons. The van der Waals surface area contributed by atoms with Gasteiger partial charge in [-0.1, -0.05) is 12.1 Å². The standard InChI is InChI=1S/C11H11F3N2O3S/c12-11(13,14)9(17)15-10(5-6-10)7-1-3-8(4-2-7)16-20(18)19/h1-4,16H,5-6H2,(H,15,17)(H,18,19)/p-1. The first-order valence-corrected chi connectivity index (χ1v) is 6.66. The molecule has 0 spiro atoms. The molecule has 0 aromatic heterocycles. The summed E-state index contributed by atoms with van der Waals surface area (Å²) in [5.74, 6) is -1.97. The van der Waals surface area contributed by atoms with Crippen LogP contribution in [0.2, 0.25) is 0 Å². The summed E-state index contributed by atoms with van der Waals surface area (Å²) in [6.07, 6.45) is -4.10. The second-order valence-corrected chi connectivity index (χ2v) is 5.12. The van der Waals surface area contributed by atoms with Crippen LogP contribution in [0.4, 0.5) is 18.9 Å². The summed E-state index contributed by atoms with van der Waals surface area (Å²) in [6, 6.07) is 5.81. The van der Waals surface area contributed by atoms with Crippen molar-refractivity contribution in [3.63, 3.8) is 0 Å². The number of nitrogens with one attached hydrogen (secondary N) is 2. The van der Waals surface area contributed by atoms with Gasteiger partial charge in [0.2, 0.25) is 0 Å². The fourth-order valence-electron chi connectivity index (χ4n) is 1.85. The summed E-state index contributed by atoms with van der Waals surface area (Å²) in [5.41, 5.74) is -0.195. The molecule has 1 aliphatic carbocycles. The fourth-order valence-corrected chi connectivity index (χ4v) is 2.18. The molecule has 1 atom stereocenters. The van der Waals surface area contributed by atoms with E-state index in [2.05, 4.69) is 4.72 Å². The van der Waals surface area contributed by atoms with Gasteiger partial charge in [0, 0.05) is 17.0 Å². The van der Waals surface area contributed by atoms with Gasteiger partial charge in [-0.3, -0.25) is 9.00 Å². The van der Waals surface area contributed by atoms with E-state index in [1.807, 2.05) is 5.32 Å². The maximum Gasteiger partial charge on any atom is 0.471 e. The fraction of sp³-hybridized carbons (Fsp3) is 0.364. The van der Waals surface area contributed by atoms with Crippen LogP contribution in [0, 0.1) is 0 Å². The molecular weight excluding hydrogens is 297 g/mol. The Balaban J connectivity index is 2.11. The quantitative estimate of drug-likeness (QED) is 0.828. The van der Waals surface area contributed by atoms with Crippen LogP contribution in [0.15, 0.2) is 24.3 Å². The van der Waals surface area contributed by atoms with Crippen molar-refractivity contribution in [1.29, 1.82) is 0 Å². The van der Waals surface area contributed by atoms with Gasteiger partial charge in [0.25, 0.3) is 0 Å². The van der Waals surface area contributed by atoms with Gasteiger partial charge in [0.05, 0.1) is 5.54 Å². The van der Waals surface area contributed by atoms with E-state index in [-0.39, 0.29) is 0 Å². The lowest BCUT2D eigenvalue weighted by atomic mass is 10.0. The molecule has 0 radical (unpaired) electrons. The number of amides is 1. The van der Waals surface area contributed by atoms with Gasteiger partial charge in [0.15, 0.2) is 0 Å². The normalized spacial score (nSPS) is 18.2. The van der Waals surface area contributed by atoms with E-state index in [0.717, 1.165) is 0 Å². The highest BCUT2D eigenvalue weighted by Crippen LogP contribution is 2.46. The van der Waals surface area contributed by atoms with Gasteiger partial charge < -0.3 is 14.6 Å². The van der Waals surface area contributed by atoms with E-state index in [1.165, 1.54) is 24.3 Å². The Bertz CT molecular complexity index is 541. The number of alkyl halides is 3. The lowest BCUT2D eigenvalue weighted by Crippen LogP contribution is -2.43. The molecule has 1 fully saturated rings. The highest BCUT2D eigenvalue weighted by Gasteiger charge is 2.50. The van der Waals surface area contributed by atoms with Crippen LogP contribution < -0.4 is 10.0 Å². The van der Waals surface area contributed by atoms with Crippen molar-refractivity contribution in [2.75, 3.05) is 4.72 Å². The number of carbonyl (C=O) groups is 1. The summed E-state index contributed by atoms with van der Waals surface area (Å²) < 4.78 is 59.7. The number of benzene rings is 1. The van der Waals surface area contributed by atoms with E-state index in [1.54, 1.807) is 0 Å². The van der Waals surface area contributed by atoms with Crippen LogP contribution in [0.1, 0.15) is 18.4 Å². The maximum atomic E-state index is 12.2. The van der Waals surface area contributed by atoms with Crippen molar-refractivity contribution in [3.8, 4) is 0 Å². The Morgan fingerprint density at radius 3 is 2.20 bits per heavy atom. The monoisotopic (exact) mass is 307 g/mol. The summed E-state index contributed by atoms with van der Waals surface area (Å²) in [5, 5.41) is 1.98. The Labute approximate surface area is 115 Å². The molecule has 1 unspecified atom stereocenters. The Morgan fingerprint density at radius 1 is 1.25 bits per heavy atom. The molecule has 0 saturated heterocycles. The second-order valence-electron chi connectivity index (χ2n) is 4.45. The number of hydrogen-bond donors (Lipinski definition) is 2. The molecule has 1 aromatic carbocycles. The zero-order chi connectivity index (χ0) is 15.0. The third kappa shape index (κ3) is 3.28. The molecule has 1 amide bonds. The first kappa shape index (κ1) is 14.8. The van der Waals surface area contributed by atoms with Crippen LogP contribution in [-0.2, 0) is 21.6 Å². The van der Waals surface area contributed by atoms with Gasteiger partial charge in [-0.25, -0.2) is 0 Å². The van der Waals surface area contributed by atoms with Gasteiger partial charge >= 0.3 is 12.1 Å². The highest BCUT2D eigenvalue weighted by atomic mass is 32.2. The lowest BCUT2D eigenvalue weighted by Gasteiger charge is -2.19. The zero-order valence-electron chi connectivity index (χ0n) is 9.99. The van der Waals surface area contributed by atoms with Gasteiger partial charge in [-0.2, -0.15) is 13.2 Å². The van der Waals surface area contributed by atoms with Crippen molar-refractivity contribution in [2.24, 2.45) is 0 Å². The Morgan fingerprint density at radius 2 is 1.80 bits per heavy atom. The summed E-state index contributed by atoms with van der Waals surface area (Å²) in [4.78, 5) is 11.0. The zero-order valence-corrected chi connectivity index (χ0v) is 10.8. The predicted octanol–water partition coefficient (Wildman–Crippen LogP) is 1.56. The summed E-state index contributed by atoms with van der Waals surface area (Å²) in [6.45, 7) is 0. The number of carbonyl (C=O) groups excluding carboxylic acids is 1. The van der Waals surface area contributed by atoms with Crippen molar-refractivity contribution < 1.29 is 26.7 Å². The maximum absolute atomic E-state index is 12.2. The van der Waals surface area contributed by atoms with E-state index < -0.39 is 28.9 Å². The molecule has 1 aromatic rings. The van der Waals surface area contributed by atoms with Crippen LogP contribution >= 0.6 is 0 Å². The average molecular weight is 307 g/mol. The van der Waals surface area contributed by atoms with Crippen molar-refractivity contribution in [1.82, 2.24) is 5.32 Å². The van der Waals surface area contributed by atoms with Crippen LogP contribution in [-0.4, -0.2) is 20.8 Å². The number of hydrogen-bond acceptors (Lipinski definition) is 3.